The Morgan fingerprint density at radius 2 is 1.61 bits per heavy atom. The lowest BCUT2D eigenvalue weighted by molar-refractivity contribution is -0.139. The first-order valence-corrected chi connectivity index (χ1v) is 9.27. The number of fused-ring (bicyclic) bond motifs is 1. The van der Waals surface area contributed by atoms with E-state index in [1.54, 1.807) is 13.1 Å². The first kappa shape index (κ1) is 19.6. The molecule has 144 valence electrons. The summed E-state index contributed by atoms with van der Waals surface area (Å²) >= 11 is 0. The molecule has 2 atom stereocenters. The van der Waals surface area contributed by atoms with Gasteiger partial charge in [-0.25, -0.2) is 4.79 Å². The number of carbonyl (C=O) groups excluding carboxylic acids is 1. The fraction of sp³-hybridized carbons (Fsp3) is 0.217. The van der Waals surface area contributed by atoms with Gasteiger partial charge in [0.15, 0.2) is 0 Å². The lowest BCUT2D eigenvalue weighted by Gasteiger charge is -2.31. The van der Waals surface area contributed by atoms with E-state index in [0.29, 0.717) is 12.1 Å². The third-order valence-corrected chi connectivity index (χ3v) is 4.94. The normalized spacial score (nSPS) is 13.1. The number of anilines is 1. The number of nitrogens with zero attached hydrogens (tertiary/aromatic N) is 1. The quantitative estimate of drug-likeness (QED) is 0.662. The van der Waals surface area contributed by atoms with Crippen molar-refractivity contribution >= 4 is 28.3 Å². The maximum absolute atomic E-state index is 13.5. The lowest BCUT2D eigenvalue weighted by Crippen LogP contribution is -2.52. The number of carbonyl (C=O) groups is 2. The van der Waals surface area contributed by atoms with Crippen molar-refractivity contribution in [1.29, 1.82) is 0 Å². The lowest BCUT2D eigenvalue weighted by atomic mass is 10.0. The van der Waals surface area contributed by atoms with E-state index in [4.69, 9.17) is 0 Å². The van der Waals surface area contributed by atoms with Crippen molar-refractivity contribution in [3.8, 4) is 0 Å². The van der Waals surface area contributed by atoms with Gasteiger partial charge in [-0.15, -0.1) is 0 Å². The van der Waals surface area contributed by atoms with Crippen LogP contribution < -0.4 is 10.2 Å². The Hall–Kier alpha value is -3.18. The summed E-state index contributed by atoms with van der Waals surface area (Å²) in [5.74, 6) is -1.31. The van der Waals surface area contributed by atoms with Gasteiger partial charge in [-0.1, -0.05) is 66.7 Å². The zero-order valence-electron chi connectivity index (χ0n) is 16.0. The van der Waals surface area contributed by atoms with Crippen molar-refractivity contribution in [3.63, 3.8) is 0 Å². The highest BCUT2D eigenvalue weighted by Crippen LogP contribution is 2.29. The van der Waals surface area contributed by atoms with Crippen LogP contribution in [0.15, 0.2) is 72.8 Å². The number of carboxylic acids is 1. The highest BCUT2D eigenvalue weighted by molar-refractivity contribution is 6.08. The average Bonchev–Trinajstić information content (AvgIpc) is 2.72. The number of aliphatic carboxylic acids is 1. The zero-order chi connectivity index (χ0) is 20.1. The molecule has 0 aliphatic heterocycles. The standard InChI is InChI=1S/C23H24N2O3/c1-16(23(27)28)25(21-14-8-12-18-11-6-7-13-19(18)21)22(26)20(24-2)15-17-9-4-3-5-10-17/h3-14,16,20,24H,15H2,1-2H3,(H,27,28)/t16-,20?/m0/s1. The summed E-state index contributed by atoms with van der Waals surface area (Å²) in [4.78, 5) is 26.7. The van der Waals surface area contributed by atoms with Gasteiger partial charge in [0.05, 0.1) is 11.7 Å². The highest BCUT2D eigenvalue weighted by atomic mass is 16.4. The molecular formula is C23H24N2O3. The monoisotopic (exact) mass is 376 g/mol. The Kier molecular flexibility index (Phi) is 6.06. The molecule has 28 heavy (non-hydrogen) atoms. The second-order valence-corrected chi connectivity index (χ2v) is 6.75. The number of hydrogen-bond acceptors (Lipinski definition) is 3. The predicted molar refractivity (Wildman–Crippen MR) is 112 cm³/mol. The highest BCUT2D eigenvalue weighted by Gasteiger charge is 2.32. The minimum atomic E-state index is -1.05. The van der Waals surface area contributed by atoms with Gasteiger partial charge in [-0.05, 0) is 37.4 Å². The third kappa shape index (κ3) is 4.05. The van der Waals surface area contributed by atoms with E-state index >= 15 is 0 Å². The van der Waals surface area contributed by atoms with Crippen molar-refractivity contribution in [2.75, 3.05) is 11.9 Å². The molecule has 0 heterocycles. The smallest absolute Gasteiger partial charge is 0.326 e. The molecule has 3 aromatic rings. The number of rotatable bonds is 7. The number of likely N-dealkylation sites (N-methyl/N-ethyl adjacent to an activating group) is 1. The van der Waals surface area contributed by atoms with E-state index in [9.17, 15) is 14.7 Å². The summed E-state index contributed by atoms with van der Waals surface area (Å²) in [6.07, 6.45) is 0.476. The van der Waals surface area contributed by atoms with Crippen LogP contribution in [0.2, 0.25) is 0 Å². The van der Waals surface area contributed by atoms with Crippen LogP contribution in [0.1, 0.15) is 12.5 Å². The Bertz CT molecular complexity index is 967. The summed E-state index contributed by atoms with van der Waals surface area (Å²) in [6, 6.07) is 21.4. The van der Waals surface area contributed by atoms with Crippen LogP contribution in [0.4, 0.5) is 5.69 Å². The molecule has 1 unspecified atom stereocenters. The van der Waals surface area contributed by atoms with Crippen LogP contribution in [0, 0.1) is 0 Å². The molecule has 0 radical (unpaired) electrons. The van der Waals surface area contributed by atoms with Crippen LogP contribution in [0.3, 0.4) is 0 Å². The molecule has 0 aliphatic rings. The van der Waals surface area contributed by atoms with Gasteiger partial charge in [0.1, 0.15) is 6.04 Å². The van der Waals surface area contributed by atoms with Gasteiger partial charge in [0.2, 0.25) is 5.91 Å². The maximum atomic E-state index is 13.5. The van der Waals surface area contributed by atoms with Crippen LogP contribution in [-0.2, 0) is 16.0 Å². The molecule has 0 spiro atoms. The van der Waals surface area contributed by atoms with Crippen LogP contribution in [-0.4, -0.2) is 36.1 Å². The molecule has 5 nitrogen and oxygen atoms in total. The molecule has 5 heteroatoms. The summed E-state index contributed by atoms with van der Waals surface area (Å²) < 4.78 is 0. The van der Waals surface area contributed by atoms with Gasteiger partial charge in [-0.2, -0.15) is 0 Å². The number of benzene rings is 3. The van der Waals surface area contributed by atoms with E-state index < -0.39 is 18.1 Å². The SMILES string of the molecule is CNC(Cc1ccccc1)C(=O)N(c1cccc2ccccc12)[C@@H](C)C(=O)O. The maximum Gasteiger partial charge on any atom is 0.326 e. The molecule has 2 N–H and O–H groups in total. The zero-order valence-corrected chi connectivity index (χ0v) is 16.0. The van der Waals surface area contributed by atoms with E-state index in [2.05, 4.69) is 5.32 Å². The Morgan fingerprint density at radius 3 is 2.29 bits per heavy atom. The van der Waals surface area contributed by atoms with Crippen molar-refractivity contribution < 1.29 is 14.7 Å². The number of amides is 1. The minimum Gasteiger partial charge on any atom is -0.480 e. The van der Waals surface area contributed by atoms with Gasteiger partial charge in [0.25, 0.3) is 0 Å². The molecule has 1 amide bonds. The Labute approximate surface area is 164 Å². The van der Waals surface area contributed by atoms with Gasteiger partial charge >= 0.3 is 5.97 Å². The van der Waals surface area contributed by atoms with Crippen LogP contribution in [0.5, 0.6) is 0 Å². The van der Waals surface area contributed by atoms with Gasteiger partial charge in [0, 0.05) is 5.39 Å². The largest absolute Gasteiger partial charge is 0.480 e. The summed E-state index contributed by atoms with van der Waals surface area (Å²) in [5, 5.41) is 14.5. The number of nitrogens with one attached hydrogen (secondary N) is 1. The minimum absolute atomic E-state index is 0.266. The van der Waals surface area contributed by atoms with E-state index in [1.807, 2.05) is 66.7 Å². The van der Waals surface area contributed by atoms with E-state index in [-0.39, 0.29) is 5.91 Å². The fourth-order valence-corrected chi connectivity index (χ4v) is 3.38. The summed E-state index contributed by atoms with van der Waals surface area (Å²) in [5.41, 5.74) is 1.61. The molecule has 0 fully saturated rings. The van der Waals surface area contributed by atoms with Crippen molar-refractivity contribution in [1.82, 2.24) is 5.32 Å². The first-order valence-electron chi connectivity index (χ1n) is 9.27. The van der Waals surface area contributed by atoms with Crippen LogP contribution >= 0.6 is 0 Å². The molecule has 3 rings (SSSR count). The van der Waals surface area contributed by atoms with Crippen molar-refractivity contribution in [3.05, 3.63) is 78.4 Å². The molecule has 0 aliphatic carbocycles. The topological polar surface area (TPSA) is 69.6 Å². The fourth-order valence-electron chi connectivity index (χ4n) is 3.38. The Balaban J connectivity index is 2.04. The summed E-state index contributed by atoms with van der Waals surface area (Å²) in [6.45, 7) is 1.54. The Morgan fingerprint density at radius 1 is 0.964 bits per heavy atom. The molecule has 3 aromatic carbocycles. The first-order chi connectivity index (χ1) is 13.5. The van der Waals surface area contributed by atoms with Crippen molar-refractivity contribution in [2.24, 2.45) is 0 Å². The van der Waals surface area contributed by atoms with Crippen molar-refractivity contribution in [2.45, 2.75) is 25.4 Å². The molecular weight excluding hydrogens is 352 g/mol. The average molecular weight is 376 g/mol. The van der Waals surface area contributed by atoms with E-state index in [1.165, 1.54) is 11.8 Å². The van der Waals surface area contributed by atoms with Gasteiger partial charge < -0.3 is 10.4 Å². The summed E-state index contributed by atoms with van der Waals surface area (Å²) in [7, 11) is 1.72. The second kappa shape index (κ2) is 8.67. The third-order valence-electron chi connectivity index (χ3n) is 4.94. The molecule has 0 saturated carbocycles. The van der Waals surface area contributed by atoms with Gasteiger partial charge in [-0.3, -0.25) is 9.69 Å². The molecule has 0 aromatic heterocycles. The van der Waals surface area contributed by atoms with E-state index in [0.717, 1.165) is 16.3 Å². The number of carboxylic acid groups (broad SMARTS) is 1. The van der Waals surface area contributed by atoms with Crippen LogP contribution in [0.25, 0.3) is 10.8 Å². The molecule has 0 saturated heterocycles. The molecule has 0 bridgehead atoms. The second-order valence-electron chi connectivity index (χ2n) is 6.75. The number of hydrogen-bond donors (Lipinski definition) is 2. The predicted octanol–water partition coefficient (Wildman–Crippen LogP) is 3.48.